The highest BCUT2D eigenvalue weighted by atomic mass is 19.1. The van der Waals surface area contributed by atoms with Gasteiger partial charge >= 0.3 is 0 Å². The Kier molecular flexibility index (Phi) is 6.47. The fourth-order valence-electron chi connectivity index (χ4n) is 4.38. The summed E-state index contributed by atoms with van der Waals surface area (Å²) in [5.74, 6) is 0.133. The van der Waals surface area contributed by atoms with Crippen LogP contribution in [0.5, 0.6) is 0 Å². The number of methoxy groups -OCH3 is 1. The lowest BCUT2D eigenvalue weighted by molar-refractivity contribution is 0.121. The molecule has 0 bridgehead atoms. The number of hydrogen-bond donors (Lipinski definition) is 1. The van der Waals surface area contributed by atoms with Crippen molar-refractivity contribution in [2.45, 2.75) is 19.1 Å². The third-order valence-corrected chi connectivity index (χ3v) is 6.35. The molecule has 0 spiro atoms. The van der Waals surface area contributed by atoms with Gasteiger partial charge in [-0.05, 0) is 48.4 Å². The Morgan fingerprint density at radius 2 is 1.83 bits per heavy atom. The SMILES string of the molecule is CO[C@@H]1CCN(c2ccc(-n3nc(NCc4ccccc4)cc3-c3ccc(C#N)c(F)c3)cc2)C1. The van der Waals surface area contributed by atoms with Crippen LogP contribution >= 0.6 is 0 Å². The highest BCUT2D eigenvalue weighted by molar-refractivity contribution is 5.67. The van der Waals surface area contributed by atoms with Gasteiger partial charge in [0.05, 0.1) is 23.0 Å². The number of ether oxygens (including phenoxy) is 1. The van der Waals surface area contributed by atoms with Crippen molar-refractivity contribution in [3.63, 3.8) is 0 Å². The van der Waals surface area contributed by atoms with Crippen LogP contribution in [-0.4, -0.2) is 36.1 Å². The average molecular weight is 468 g/mol. The summed E-state index contributed by atoms with van der Waals surface area (Å²) in [7, 11) is 1.76. The predicted molar refractivity (Wildman–Crippen MR) is 135 cm³/mol. The monoisotopic (exact) mass is 467 g/mol. The van der Waals surface area contributed by atoms with E-state index in [0.717, 1.165) is 42.1 Å². The van der Waals surface area contributed by atoms with Gasteiger partial charge in [0.1, 0.15) is 17.7 Å². The zero-order valence-electron chi connectivity index (χ0n) is 19.5. The number of nitriles is 1. The summed E-state index contributed by atoms with van der Waals surface area (Å²) in [6, 6.07) is 26.7. The highest BCUT2D eigenvalue weighted by Gasteiger charge is 2.22. The second-order valence-electron chi connectivity index (χ2n) is 8.58. The van der Waals surface area contributed by atoms with Crippen LogP contribution in [0.3, 0.4) is 0 Å². The van der Waals surface area contributed by atoms with Crippen LogP contribution in [0.4, 0.5) is 15.9 Å². The molecule has 0 radical (unpaired) electrons. The predicted octanol–water partition coefficient (Wildman–Crippen LogP) is 5.39. The summed E-state index contributed by atoms with van der Waals surface area (Å²) in [5, 5.41) is 17.3. The molecule has 1 atom stereocenters. The smallest absolute Gasteiger partial charge is 0.149 e. The number of halogens is 1. The first-order valence-corrected chi connectivity index (χ1v) is 11.6. The summed E-state index contributed by atoms with van der Waals surface area (Å²) in [5.41, 5.74) is 4.53. The molecule has 176 valence electrons. The molecule has 6 nitrogen and oxygen atoms in total. The molecule has 0 unspecified atom stereocenters. The number of aromatic nitrogens is 2. The minimum atomic E-state index is -0.548. The van der Waals surface area contributed by atoms with Crippen molar-refractivity contribution in [2.24, 2.45) is 0 Å². The van der Waals surface area contributed by atoms with Gasteiger partial charge in [0.2, 0.25) is 0 Å². The highest BCUT2D eigenvalue weighted by Crippen LogP contribution is 2.29. The maximum atomic E-state index is 14.4. The van der Waals surface area contributed by atoms with Gasteiger partial charge in [-0.3, -0.25) is 0 Å². The quantitative estimate of drug-likeness (QED) is 0.395. The summed E-state index contributed by atoms with van der Waals surface area (Å²) in [6.45, 7) is 2.46. The summed E-state index contributed by atoms with van der Waals surface area (Å²) >= 11 is 0. The van der Waals surface area contributed by atoms with E-state index < -0.39 is 5.82 Å². The number of benzene rings is 3. The minimum absolute atomic E-state index is 0.0200. The van der Waals surface area contributed by atoms with Gasteiger partial charge in [0.15, 0.2) is 0 Å². The van der Waals surface area contributed by atoms with Crippen LogP contribution in [0.15, 0.2) is 78.9 Å². The lowest BCUT2D eigenvalue weighted by Gasteiger charge is -2.19. The Hall–Kier alpha value is -4.15. The number of nitrogens with one attached hydrogen (secondary N) is 1. The molecule has 0 amide bonds. The van der Waals surface area contributed by atoms with Gasteiger partial charge < -0.3 is 15.0 Å². The third-order valence-electron chi connectivity index (χ3n) is 6.35. The number of rotatable bonds is 7. The molecule has 3 aromatic carbocycles. The number of nitrogens with zero attached hydrogens (tertiary/aromatic N) is 4. The Bertz CT molecular complexity index is 1340. The Balaban J connectivity index is 1.46. The van der Waals surface area contributed by atoms with E-state index in [1.54, 1.807) is 17.9 Å². The molecule has 5 rings (SSSR count). The van der Waals surface area contributed by atoms with E-state index in [1.165, 1.54) is 12.1 Å². The van der Waals surface area contributed by atoms with Crippen molar-refractivity contribution in [3.05, 3.63) is 95.8 Å². The van der Waals surface area contributed by atoms with Gasteiger partial charge in [0.25, 0.3) is 0 Å². The molecular formula is C28H26FN5O. The van der Waals surface area contributed by atoms with Gasteiger partial charge in [-0.2, -0.15) is 5.26 Å². The van der Waals surface area contributed by atoms with E-state index in [1.807, 2.05) is 54.6 Å². The maximum absolute atomic E-state index is 14.4. The Morgan fingerprint density at radius 3 is 2.51 bits per heavy atom. The van der Waals surface area contributed by atoms with E-state index in [-0.39, 0.29) is 11.7 Å². The zero-order valence-corrected chi connectivity index (χ0v) is 19.5. The van der Waals surface area contributed by atoms with Crippen molar-refractivity contribution in [1.29, 1.82) is 5.26 Å². The van der Waals surface area contributed by atoms with E-state index in [9.17, 15) is 4.39 Å². The van der Waals surface area contributed by atoms with Crippen molar-refractivity contribution < 1.29 is 9.13 Å². The molecule has 1 aliphatic rings. The van der Waals surface area contributed by atoms with Crippen molar-refractivity contribution in [1.82, 2.24) is 9.78 Å². The second kappa shape index (κ2) is 10.00. The Morgan fingerprint density at radius 1 is 1.06 bits per heavy atom. The maximum Gasteiger partial charge on any atom is 0.149 e. The summed E-state index contributed by atoms with van der Waals surface area (Å²) < 4.78 is 21.7. The molecule has 1 saturated heterocycles. The minimum Gasteiger partial charge on any atom is -0.380 e. The van der Waals surface area contributed by atoms with Crippen LogP contribution in [-0.2, 0) is 11.3 Å². The van der Waals surface area contributed by atoms with E-state index in [0.29, 0.717) is 17.9 Å². The molecule has 1 aromatic heterocycles. The van der Waals surface area contributed by atoms with Crippen LogP contribution in [0.2, 0.25) is 0 Å². The van der Waals surface area contributed by atoms with Gasteiger partial charge in [-0.1, -0.05) is 36.4 Å². The van der Waals surface area contributed by atoms with Crippen molar-refractivity contribution in [3.8, 4) is 23.0 Å². The topological polar surface area (TPSA) is 66.1 Å². The number of anilines is 2. The molecule has 1 N–H and O–H groups in total. The van der Waals surface area contributed by atoms with Crippen LogP contribution in [0, 0.1) is 17.1 Å². The van der Waals surface area contributed by atoms with Crippen molar-refractivity contribution in [2.75, 3.05) is 30.4 Å². The van der Waals surface area contributed by atoms with Gasteiger partial charge in [-0.15, -0.1) is 5.10 Å². The molecule has 0 aliphatic carbocycles. The lowest BCUT2D eigenvalue weighted by Crippen LogP contribution is -2.22. The van der Waals surface area contributed by atoms with Gasteiger partial charge in [-0.25, -0.2) is 9.07 Å². The molecule has 7 heteroatoms. The first-order valence-electron chi connectivity index (χ1n) is 11.6. The lowest BCUT2D eigenvalue weighted by atomic mass is 10.1. The zero-order chi connectivity index (χ0) is 24.2. The normalized spacial score (nSPS) is 15.2. The first kappa shape index (κ1) is 22.6. The second-order valence-corrected chi connectivity index (χ2v) is 8.58. The molecule has 1 aliphatic heterocycles. The first-order chi connectivity index (χ1) is 17.1. The van der Waals surface area contributed by atoms with E-state index in [2.05, 4.69) is 22.3 Å². The van der Waals surface area contributed by atoms with Crippen LogP contribution in [0.1, 0.15) is 17.5 Å². The van der Waals surface area contributed by atoms with E-state index in [4.69, 9.17) is 15.1 Å². The van der Waals surface area contributed by atoms with Crippen molar-refractivity contribution >= 4 is 11.5 Å². The average Bonchev–Trinajstić information content (AvgIpc) is 3.56. The Labute approximate surface area is 204 Å². The molecule has 0 saturated carbocycles. The molecular weight excluding hydrogens is 441 g/mol. The molecule has 4 aromatic rings. The molecule has 1 fully saturated rings. The molecule has 35 heavy (non-hydrogen) atoms. The van der Waals surface area contributed by atoms with Crippen LogP contribution in [0.25, 0.3) is 16.9 Å². The fraction of sp³-hybridized carbons (Fsp3) is 0.214. The largest absolute Gasteiger partial charge is 0.380 e. The van der Waals surface area contributed by atoms with E-state index >= 15 is 0 Å². The van der Waals surface area contributed by atoms with Gasteiger partial charge in [0, 0.05) is 44.1 Å². The molecule has 2 heterocycles. The standard InChI is InChI=1S/C28H26FN5O/c1-35-25-13-14-33(19-25)23-9-11-24(12-10-23)34-27(21-7-8-22(17-30)26(29)15-21)16-28(32-34)31-18-20-5-3-2-4-6-20/h2-12,15-16,25H,13-14,18-19H2,1H3,(H,31,32)/t25-/m1/s1. The fourth-order valence-corrected chi connectivity index (χ4v) is 4.38. The summed E-state index contributed by atoms with van der Waals surface area (Å²) in [6.07, 6.45) is 1.28. The summed E-state index contributed by atoms with van der Waals surface area (Å²) in [4.78, 5) is 2.31. The van der Waals surface area contributed by atoms with Crippen LogP contribution < -0.4 is 10.2 Å². The number of hydrogen-bond acceptors (Lipinski definition) is 5. The third kappa shape index (κ3) is 4.88.